The molecule has 0 aromatic heterocycles. The van der Waals surface area contributed by atoms with Gasteiger partial charge >= 0.3 is 0 Å². The van der Waals surface area contributed by atoms with Gasteiger partial charge in [0.15, 0.2) is 0 Å². The maximum absolute atomic E-state index is 3.48. The quantitative estimate of drug-likeness (QED) is 0.389. The summed E-state index contributed by atoms with van der Waals surface area (Å²) in [6.45, 7) is 0. The molecule has 1 aliphatic rings. The highest BCUT2D eigenvalue weighted by molar-refractivity contribution is 5.81. The summed E-state index contributed by atoms with van der Waals surface area (Å²) in [5, 5.41) is 3.48. The summed E-state index contributed by atoms with van der Waals surface area (Å²) in [5.74, 6) is 0. The van der Waals surface area contributed by atoms with E-state index < -0.39 is 0 Å². The lowest BCUT2D eigenvalue weighted by Crippen LogP contribution is -1.90. The van der Waals surface area contributed by atoms with E-state index in [9.17, 15) is 0 Å². The third-order valence-electron chi connectivity index (χ3n) is 5.05. The molecule has 26 heavy (non-hydrogen) atoms. The molecule has 124 valence electrons. The normalized spacial score (nSPS) is 11.7. The highest BCUT2D eigenvalue weighted by Crippen LogP contribution is 2.38. The second kappa shape index (κ2) is 6.20. The lowest BCUT2D eigenvalue weighted by atomic mass is 9.99. The number of hydrogen-bond acceptors (Lipinski definition) is 1. The van der Waals surface area contributed by atoms with E-state index in [2.05, 4.69) is 84.2 Å². The van der Waals surface area contributed by atoms with Gasteiger partial charge in [-0.1, -0.05) is 72.8 Å². The molecular weight excluding hydrogens is 314 g/mol. The Labute approximate surface area is 154 Å². The number of benzene rings is 4. The maximum Gasteiger partial charge on any atom is 0.0390 e. The SMILES string of the molecule is c1ccc(Nc2cccc(-c3ccc4c(c3)Cc3ccccc3-4)c2)cc1. The molecule has 0 aliphatic heterocycles. The average Bonchev–Trinajstić information content (AvgIpc) is 3.07. The van der Waals surface area contributed by atoms with Crippen molar-refractivity contribution in [2.24, 2.45) is 0 Å². The van der Waals surface area contributed by atoms with Crippen molar-refractivity contribution in [1.82, 2.24) is 0 Å². The van der Waals surface area contributed by atoms with Crippen LogP contribution in [-0.4, -0.2) is 0 Å². The van der Waals surface area contributed by atoms with Gasteiger partial charge in [0.25, 0.3) is 0 Å². The molecule has 1 aliphatic carbocycles. The molecule has 0 heterocycles. The maximum atomic E-state index is 3.48. The molecule has 0 unspecified atom stereocenters. The zero-order valence-corrected chi connectivity index (χ0v) is 14.4. The van der Waals surface area contributed by atoms with E-state index in [1.165, 1.54) is 33.4 Å². The fraction of sp³-hybridized carbons (Fsp3) is 0.0400. The van der Waals surface area contributed by atoms with E-state index in [1.54, 1.807) is 0 Å². The van der Waals surface area contributed by atoms with Crippen molar-refractivity contribution < 1.29 is 0 Å². The van der Waals surface area contributed by atoms with Gasteiger partial charge in [-0.3, -0.25) is 0 Å². The second-order valence-electron chi connectivity index (χ2n) is 6.78. The molecule has 1 heteroatoms. The third kappa shape index (κ3) is 2.68. The highest BCUT2D eigenvalue weighted by Gasteiger charge is 2.18. The molecule has 1 nitrogen and oxygen atoms in total. The predicted molar refractivity (Wildman–Crippen MR) is 110 cm³/mol. The van der Waals surface area contributed by atoms with Gasteiger partial charge in [-0.2, -0.15) is 0 Å². The van der Waals surface area contributed by atoms with Crippen LogP contribution in [0, 0.1) is 0 Å². The minimum atomic E-state index is 1.03. The lowest BCUT2D eigenvalue weighted by Gasteiger charge is -2.10. The number of para-hydroxylation sites is 1. The first kappa shape index (κ1) is 15.0. The van der Waals surface area contributed by atoms with Gasteiger partial charge in [-0.15, -0.1) is 0 Å². The summed E-state index contributed by atoms with van der Waals surface area (Å²) in [7, 11) is 0. The van der Waals surface area contributed by atoms with E-state index in [4.69, 9.17) is 0 Å². The minimum absolute atomic E-state index is 1.03. The van der Waals surface area contributed by atoms with E-state index in [0.717, 1.165) is 17.8 Å². The Balaban J connectivity index is 1.48. The number of fused-ring (bicyclic) bond motifs is 3. The second-order valence-corrected chi connectivity index (χ2v) is 6.78. The molecule has 0 radical (unpaired) electrons. The molecule has 4 aromatic rings. The standard InChI is InChI=1S/C25H19N/c1-2-9-22(10-3-1)26-23-11-6-8-18(17-23)19-13-14-25-21(15-19)16-20-7-4-5-12-24(20)25/h1-15,17,26H,16H2. The van der Waals surface area contributed by atoms with Crippen LogP contribution in [-0.2, 0) is 6.42 Å². The van der Waals surface area contributed by atoms with Crippen molar-refractivity contribution in [2.45, 2.75) is 6.42 Å². The summed E-state index contributed by atoms with van der Waals surface area (Å²) in [6, 6.07) is 34.5. The Morgan fingerprint density at radius 3 is 2.15 bits per heavy atom. The number of hydrogen-bond donors (Lipinski definition) is 1. The molecule has 0 saturated heterocycles. The Bertz CT molecular complexity index is 1080. The predicted octanol–water partition coefficient (Wildman–Crippen LogP) is 6.67. The van der Waals surface area contributed by atoms with E-state index in [-0.39, 0.29) is 0 Å². The summed E-state index contributed by atoms with van der Waals surface area (Å²) in [4.78, 5) is 0. The average molecular weight is 333 g/mol. The van der Waals surface area contributed by atoms with Gasteiger partial charge in [0, 0.05) is 11.4 Å². The summed E-state index contributed by atoms with van der Waals surface area (Å²) >= 11 is 0. The van der Waals surface area contributed by atoms with E-state index in [0.29, 0.717) is 0 Å². The Morgan fingerprint density at radius 1 is 0.500 bits per heavy atom. The molecule has 1 N–H and O–H groups in total. The third-order valence-corrected chi connectivity index (χ3v) is 5.05. The number of nitrogens with one attached hydrogen (secondary N) is 1. The van der Waals surface area contributed by atoms with Crippen LogP contribution in [0.15, 0.2) is 97.1 Å². The first-order valence-corrected chi connectivity index (χ1v) is 9.00. The summed E-state index contributed by atoms with van der Waals surface area (Å²) in [5.41, 5.74) is 10.3. The molecule has 0 bridgehead atoms. The lowest BCUT2D eigenvalue weighted by molar-refractivity contribution is 1.26. The van der Waals surface area contributed by atoms with Gasteiger partial charge in [-0.25, -0.2) is 0 Å². The van der Waals surface area contributed by atoms with Crippen LogP contribution in [0.25, 0.3) is 22.3 Å². The van der Waals surface area contributed by atoms with Crippen LogP contribution in [0.1, 0.15) is 11.1 Å². The minimum Gasteiger partial charge on any atom is -0.356 e. The van der Waals surface area contributed by atoms with Crippen LogP contribution >= 0.6 is 0 Å². The Kier molecular flexibility index (Phi) is 3.57. The van der Waals surface area contributed by atoms with Crippen LogP contribution < -0.4 is 5.32 Å². The molecule has 0 spiro atoms. The Morgan fingerprint density at radius 2 is 1.23 bits per heavy atom. The summed E-state index contributed by atoms with van der Waals surface area (Å²) in [6.07, 6.45) is 1.03. The van der Waals surface area contributed by atoms with Gasteiger partial charge in [0.1, 0.15) is 0 Å². The van der Waals surface area contributed by atoms with Gasteiger partial charge in [-0.05, 0) is 64.1 Å². The van der Waals surface area contributed by atoms with Crippen molar-refractivity contribution in [3.8, 4) is 22.3 Å². The van der Waals surface area contributed by atoms with Gasteiger partial charge in [0.2, 0.25) is 0 Å². The molecule has 5 rings (SSSR count). The summed E-state index contributed by atoms with van der Waals surface area (Å²) < 4.78 is 0. The first-order valence-electron chi connectivity index (χ1n) is 9.00. The van der Waals surface area contributed by atoms with Crippen molar-refractivity contribution in [3.05, 3.63) is 108 Å². The number of rotatable bonds is 3. The van der Waals surface area contributed by atoms with Crippen molar-refractivity contribution in [1.29, 1.82) is 0 Å². The van der Waals surface area contributed by atoms with Crippen LogP contribution in [0.4, 0.5) is 11.4 Å². The van der Waals surface area contributed by atoms with Crippen molar-refractivity contribution in [2.75, 3.05) is 5.32 Å². The fourth-order valence-corrected chi connectivity index (χ4v) is 3.79. The van der Waals surface area contributed by atoms with Crippen LogP contribution in [0.2, 0.25) is 0 Å². The highest BCUT2D eigenvalue weighted by atomic mass is 14.9. The van der Waals surface area contributed by atoms with Gasteiger partial charge < -0.3 is 5.32 Å². The molecule has 0 saturated carbocycles. The van der Waals surface area contributed by atoms with E-state index in [1.807, 2.05) is 18.2 Å². The van der Waals surface area contributed by atoms with Crippen molar-refractivity contribution >= 4 is 11.4 Å². The van der Waals surface area contributed by atoms with E-state index >= 15 is 0 Å². The molecule has 0 fully saturated rings. The topological polar surface area (TPSA) is 12.0 Å². The zero-order valence-electron chi connectivity index (χ0n) is 14.4. The largest absolute Gasteiger partial charge is 0.356 e. The van der Waals surface area contributed by atoms with Crippen LogP contribution in [0.5, 0.6) is 0 Å². The zero-order chi connectivity index (χ0) is 17.3. The molecular formula is C25H19N. The van der Waals surface area contributed by atoms with Crippen LogP contribution in [0.3, 0.4) is 0 Å². The Hall–Kier alpha value is -3.32. The molecule has 0 amide bonds. The van der Waals surface area contributed by atoms with Gasteiger partial charge in [0.05, 0.1) is 0 Å². The monoisotopic (exact) mass is 333 g/mol. The van der Waals surface area contributed by atoms with Crippen molar-refractivity contribution in [3.63, 3.8) is 0 Å². The molecule has 4 aromatic carbocycles. The first-order chi connectivity index (χ1) is 12.9. The smallest absolute Gasteiger partial charge is 0.0390 e. The molecule has 0 atom stereocenters. The fourth-order valence-electron chi connectivity index (χ4n) is 3.79. The number of anilines is 2.